The van der Waals surface area contributed by atoms with E-state index in [1.165, 1.54) is 6.92 Å². The summed E-state index contributed by atoms with van der Waals surface area (Å²) in [6.45, 7) is 2.06. The van der Waals surface area contributed by atoms with E-state index in [0.29, 0.717) is 13.0 Å². The van der Waals surface area contributed by atoms with Crippen molar-refractivity contribution >= 4 is 16.8 Å². The number of methoxy groups -OCH3 is 1. The van der Waals surface area contributed by atoms with Gasteiger partial charge in [-0.25, -0.2) is 0 Å². The van der Waals surface area contributed by atoms with Gasteiger partial charge in [0.2, 0.25) is 5.91 Å². The Kier molecular flexibility index (Phi) is 4.42. The zero-order chi connectivity index (χ0) is 17.1. The molecule has 1 aromatic heterocycles. The molecule has 3 aromatic rings. The van der Waals surface area contributed by atoms with E-state index in [0.717, 1.165) is 33.5 Å². The highest BCUT2D eigenvalue weighted by Crippen LogP contribution is 2.33. The number of aromatic amines is 1. The van der Waals surface area contributed by atoms with Crippen LogP contribution < -0.4 is 10.1 Å². The van der Waals surface area contributed by atoms with Gasteiger partial charge in [-0.3, -0.25) is 4.79 Å². The van der Waals surface area contributed by atoms with Crippen LogP contribution in [0.15, 0.2) is 42.5 Å². The molecule has 0 aliphatic carbocycles. The number of rotatable bonds is 5. The summed E-state index contributed by atoms with van der Waals surface area (Å²) < 4.78 is 5.33. The highest BCUT2D eigenvalue weighted by Gasteiger charge is 2.14. The van der Waals surface area contributed by atoms with Gasteiger partial charge >= 0.3 is 0 Å². The molecule has 0 radical (unpaired) electrons. The molecule has 1 amide bonds. The number of hydrogen-bond acceptors (Lipinski definition) is 3. The van der Waals surface area contributed by atoms with Crippen molar-refractivity contribution in [2.24, 2.45) is 0 Å². The van der Waals surface area contributed by atoms with Crippen molar-refractivity contribution in [2.75, 3.05) is 13.7 Å². The number of ether oxygens (including phenoxy) is 1. The Morgan fingerprint density at radius 3 is 2.79 bits per heavy atom. The van der Waals surface area contributed by atoms with Gasteiger partial charge in [0.05, 0.1) is 7.11 Å². The molecular weight excluding hydrogens is 304 g/mol. The third-order valence-corrected chi connectivity index (χ3v) is 4.00. The third kappa shape index (κ3) is 3.20. The van der Waals surface area contributed by atoms with Crippen molar-refractivity contribution in [3.63, 3.8) is 0 Å². The first-order valence-electron chi connectivity index (χ1n) is 7.81. The number of phenolic OH excluding ortho intramolecular Hbond substituents is 1. The highest BCUT2D eigenvalue weighted by atomic mass is 16.5. The fourth-order valence-corrected chi connectivity index (χ4v) is 2.88. The molecule has 24 heavy (non-hydrogen) atoms. The van der Waals surface area contributed by atoms with Gasteiger partial charge in [0.1, 0.15) is 11.5 Å². The number of nitrogens with one attached hydrogen (secondary N) is 2. The van der Waals surface area contributed by atoms with E-state index in [-0.39, 0.29) is 11.7 Å². The average molecular weight is 324 g/mol. The molecule has 1 heterocycles. The number of hydrogen-bond donors (Lipinski definition) is 3. The Labute approximate surface area is 140 Å². The molecule has 3 N–H and O–H groups in total. The summed E-state index contributed by atoms with van der Waals surface area (Å²) >= 11 is 0. The van der Waals surface area contributed by atoms with E-state index in [2.05, 4.69) is 10.3 Å². The Bertz CT molecular complexity index is 883. The molecule has 0 bridgehead atoms. The van der Waals surface area contributed by atoms with Crippen LogP contribution in [-0.2, 0) is 11.2 Å². The maximum atomic E-state index is 11.2. The van der Waals surface area contributed by atoms with Gasteiger partial charge in [0.25, 0.3) is 0 Å². The molecule has 0 spiro atoms. The standard InChI is InChI=1S/C19H20N2O3/c1-12(22)20-9-8-16-17-11-15(24-2)6-7-18(17)21-19(16)13-4-3-5-14(23)10-13/h3-7,10-11,21,23H,8-9H2,1-2H3,(H,20,22). The number of amides is 1. The molecule has 124 valence electrons. The first-order valence-corrected chi connectivity index (χ1v) is 7.81. The first kappa shape index (κ1) is 15.9. The molecule has 0 aliphatic heterocycles. The second kappa shape index (κ2) is 6.66. The molecule has 0 saturated heterocycles. The summed E-state index contributed by atoms with van der Waals surface area (Å²) in [6.07, 6.45) is 0.678. The number of aromatic nitrogens is 1. The summed E-state index contributed by atoms with van der Waals surface area (Å²) in [5, 5.41) is 13.7. The summed E-state index contributed by atoms with van der Waals surface area (Å²) in [7, 11) is 1.64. The molecule has 3 rings (SSSR count). The van der Waals surface area contributed by atoms with Crippen LogP contribution in [0.5, 0.6) is 11.5 Å². The minimum Gasteiger partial charge on any atom is -0.508 e. The number of benzene rings is 2. The van der Waals surface area contributed by atoms with Gasteiger partial charge in [-0.2, -0.15) is 0 Å². The summed E-state index contributed by atoms with van der Waals surface area (Å²) in [4.78, 5) is 14.6. The van der Waals surface area contributed by atoms with Gasteiger partial charge in [0, 0.05) is 35.6 Å². The molecular formula is C19H20N2O3. The number of phenols is 1. The Hall–Kier alpha value is -2.95. The quantitative estimate of drug-likeness (QED) is 0.674. The lowest BCUT2D eigenvalue weighted by molar-refractivity contribution is -0.118. The molecule has 5 heteroatoms. The fourth-order valence-electron chi connectivity index (χ4n) is 2.88. The van der Waals surface area contributed by atoms with Crippen molar-refractivity contribution in [1.82, 2.24) is 10.3 Å². The van der Waals surface area contributed by atoms with E-state index in [9.17, 15) is 9.90 Å². The van der Waals surface area contributed by atoms with Gasteiger partial charge in [0.15, 0.2) is 0 Å². The molecule has 5 nitrogen and oxygen atoms in total. The Balaban J connectivity index is 2.10. The predicted octanol–water partition coefficient (Wildman–Crippen LogP) is 3.23. The largest absolute Gasteiger partial charge is 0.508 e. The minimum absolute atomic E-state index is 0.0497. The Morgan fingerprint density at radius 2 is 2.08 bits per heavy atom. The van der Waals surface area contributed by atoms with Gasteiger partial charge in [-0.1, -0.05) is 12.1 Å². The van der Waals surface area contributed by atoms with Crippen molar-refractivity contribution in [1.29, 1.82) is 0 Å². The number of carbonyl (C=O) groups excluding carboxylic acids is 1. The van der Waals surface area contributed by atoms with E-state index in [4.69, 9.17) is 4.74 Å². The smallest absolute Gasteiger partial charge is 0.216 e. The summed E-state index contributed by atoms with van der Waals surface area (Å²) in [6, 6.07) is 13.0. The van der Waals surface area contributed by atoms with E-state index in [1.807, 2.05) is 30.3 Å². The molecule has 0 fully saturated rings. The van der Waals surface area contributed by atoms with Crippen LogP contribution in [0.4, 0.5) is 0 Å². The SMILES string of the molecule is COc1ccc2[nH]c(-c3cccc(O)c3)c(CCNC(C)=O)c2c1. The van der Waals surface area contributed by atoms with Crippen LogP contribution in [0.1, 0.15) is 12.5 Å². The van der Waals surface area contributed by atoms with Crippen LogP contribution in [-0.4, -0.2) is 29.7 Å². The summed E-state index contributed by atoms with van der Waals surface area (Å²) in [5.41, 5.74) is 3.93. The topological polar surface area (TPSA) is 74.3 Å². The van der Waals surface area contributed by atoms with Crippen molar-refractivity contribution in [3.05, 3.63) is 48.0 Å². The summed E-state index contributed by atoms with van der Waals surface area (Å²) in [5.74, 6) is 0.951. The van der Waals surface area contributed by atoms with Crippen LogP contribution in [0, 0.1) is 0 Å². The molecule has 0 unspecified atom stereocenters. The van der Waals surface area contributed by atoms with Crippen molar-refractivity contribution in [2.45, 2.75) is 13.3 Å². The number of carbonyl (C=O) groups is 1. The lowest BCUT2D eigenvalue weighted by atomic mass is 10.0. The number of H-pyrrole nitrogens is 1. The lowest BCUT2D eigenvalue weighted by Gasteiger charge is -2.07. The number of aromatic hydroxyl groups is 1. The zero-order valence-electron chi connectivity index (χ0n) is 13.7. The maximum absolute atomic E-state index is 11.2. The lowest BCUT2D eigenvalue weighted by Crippen LogP contribution is -2.22. The first-order chi connectivity index (χ1) is 11.6. The van der Waals surface area contributed by atoms with Crippen molar-refractivity contribution in [3.8, 4) is 22.8 Å². The van der Waals surface area contributed by atoms with E-state index in [1.54, 1.807) is 19.2 Å². The zero-order valence-corrected chi connectivity index (χ0v) is 13.7. The van der Waals surface area contributed by atoms with Crippen LogP contribution >= 0.6 is 0 Å². The van der Waals surface area contributed by atoms with Crippen LogP contribution in [0.25, 0.3) is 22.2 Å². The second-order valence-electron chi connectivity index (χ2n) is 5.67. The predicted molar refractivity (Wildman–Crippen MR) is 94.3 cm³/mol. The highest BCUT2D eigenvalue weighted by molar-refractivity contribution is 5.92. The van der Waals surface area contributed by atoms with Crippen LogP contribution in [0.3, 0.4) is 0 Å². The van der Waals surface area contributed by atoms with Crippen molar-refractivity contribution < 1.29 is 14.6 Å². The second-order valence-corrected chi connectivity index (χ2v) is 5.67. The monoisotopic (exact) mass is 324 g/mol. The van der Waals surface area contributed by atoms with Gasteiger partial charge in [-0.15, -0.1) is 0 Å². The van der Waals surface area contributed by atoms with Gasteiger partial charge < -0.3 is 20.1 Å². The third-order valence-electron chi connectivity index (χ3n) is 4.00. The van der Waals surface area contributed by atoms with E-state index < -0.39 is 0 Å². The minimum atomic E-state index is -0.0497. The molecule has 0 aliphatic rings. The molecule has 0 atom stereocenters. The molecule has 0 saturated carbocycles. The van der Waals surface area contributed by atoms with E-state index >= 15 is 0 Å². The Morgan fingerprint density at radius 1 is 1.25 bits per heavy atom. The normalized spacial score (nSPS) is 10.8. The van der Waals surface area contributed by atoms with Crippen LogP contribution in [0.2, 0.25) is 0 Å². The maximum Gasteiger partial charge on any atom is 0.216 e. The fraction of sp³-hybridized carbons (Fsp3) is 0.211. The number of fused-ring (bicyclic) bond motifs is 1. The average Bonchev–Trinajstić information content (AvgIpc) is 2.92. The molecule has 2 aromatic carbocycles. The van der Waals surface area contributed by atoms with Gasteiger partial charge in [-0.05, 0) is 42.3 Å².